The van der Waals surface area contributed by atoms with Gasteiger partial charge in [-0.05, 0) is 44.2 Å². The quantitative estimate of drug-likeness (QED) is 0.777. The fourth-order valence-electron chi connectivity index (χ4n) is 2.38. The zero-order chi connectivity index (χ0) is 15.7. The topological polar surface area (TPSA) is 80.9 Å². The number of primary amides is 1. The summed E-state index contributed by atoms with van der Waals surface area (Å²) in [7, 11) is 0. The van der Waals surface area contributed by atoms with Crippen molar-refractivity contribution in [3.63, 3.8) is 0 Å². The maximum absolute atomic E-state index is 11.5. The third-order valence-corrected chi connectivity index (χ3v) is 3.40. The van der Waals surface area contributed by atoms with Crippen molar-refractivity contribution in [3.8, 4) is 0 Å². The zero-order valence-corrected chi connectivity index (χ0v) is 12.4. The van der Waals surface area contributed by atoms with Gasteiger partial charge in [0.25, 0.3) is 5.91 Å². The van der Waals surface area contributed by atoms with E-state index in [9.17, 15) is 4.79 Å². The number of nitrogens with one attached hydrogen (secondary N) is 1. The van der Waals surface area contributed by atoms with Gasteiger partial charge in [0.2, 0.25) is 0 Å². The van der Waals surface area contributed by atoms with Gasteiger partial charge in [0.1, 0.15) is 0 Å². The molecule has 3 rings (SSSR count). The average Bonchev–Trinajstić information content (AvgIpc) is 2.46. The number of carbonyl (C=O) groups excluding carboxylic acids is 1. The lowest BCUT2D eigenvalue weighted by Gasteiger charge is -2.13. The van der Waals surface area contributed by atoms with Gasteiger partial charge in [0, 0.05) is 16.8 Å². The zero-order valence-electron chi connectivity index (χ0n) is 12.4. The SMILES string of the molecule is Cc1ccc2c(Nc3ccccc3C(N)=O)cc(C)nc2n1. The number of rotatable bonds is 3. The molecule has 0 fully saturated rings. The van der Waals surface area contributed by atoms with Crippen LogP contribution >= 0.6 is 0 Å². The smallest absolute Gasteiger partial charge is 0.250 e. The van der Waals surface area contributed by atoms with E-state index in [0.29, 0.717) is 16.9 Å². The summed E-state index contributed by atoms with van der Waals surface area (Å²) in [5, 5.41) is 4.17. The summed E-state index contributed by atoms with van der Waals surface area (Å²) in [6, 6.07) is 13.0. The van der Waals surface area contributed by atoms with Crippen LogP contribution in [0.3, 0.4) is 0 Å². The Morgan fingerprint density at radius 2 is 1.73 bits per heavy atom. The molecular formula is C17H16N4O. The van der Waals surface area contributed by atoms with Crippen molar-refractivity contribution in [1.29, 1.82) is 0 Å². The van der Waals surface area contributed by atoms with Crippen LogP contribution in [0, 0.1) is 13.8 Å². The van der Waals surface area contributed by atoms with E-state index in [1.165, 1.54) is 0 Å². The van der Waals surface area contributed by atoms with Crippen molar-refractivity contribution in [2.24, 2.45) is 5.73 Å². The van der Waals surface area contributed by atoms with E-state index in [4.69, 9.17) is 5.73 Å². The Morgan fingerprint density at radius 1 is 1.00 bits per heavy atom. The molecule has 0 saturated carbocycles. The van der Waals surface area contributed by atoms with Crippen LogP contribution in [-0.4, -0.2) is 15.9 Å². The number of aryl methyl sites for hydroxylation is 2. The molecule has 22 heavy (non-hydrogen) atoms. The van der Waals surface area contributed by atoms with Crippen molar-refractivity contribution < 1.29 is 4.79 Å². The molecule has 0 bridgehead atoms. The Hall–Kier alpha value is -2.95. The Kier molecular flexibility index (Phi) is 3.47. The molecule has 0 aliphatic rings. The molecule has 5 heteroatoms. The van der Waals surface area contributed by atoms with E-state index in [1.54, 1.807) is 12.1 Å². The number of fused-ring (bicyclic) bond motifs is 1. The molecule has 0 atom stereocenters. The Morgan fingerprint density at radius 3 is 2.50 bits per heavy atom. The first kappa shape index (κ1) is 14.0. The lowest BCUT2D eigenvalue weighted by molar-refractivity contribution is 0.100. The fraction of sp³-hybridized carbons (Fsp3) is 0.118. The second kappa shape index (κ2) is 5.44. The molecule has 1 aromatic carbocycles. The highest BCUT2D eigenvalue weighted by Crippen LogP contribution is 2.27. The van der Waals surface area contributed by atoms with Crippen LogP contribution in [0.15, 0.2) is 42.5 Å². The minimum Gasteiger partial charge on any atom is -0.366 e. The summed E-state index contributed by atoms with van der Waals surface area (Å²) < 4.78 is 0. The molecule has 0 saturated heterocycles. The van der Waals surface area contributed by atoms with Crippen LogP contribution in [0.1, 0.15) is 21.7 Å². The normalized spacial score (nSPS) is 10.6. The lowest BCUT2D eigenvalue weighted by Crippen LogP contribution is -2.13. The molecule has 0 aliphatic carbocycles. The van der Waals surface area contributed by atoms with Crippen molar-refractivity contribution in [2.45, 2.75) is 13.8 Å². The standard InChI is InChI=1S/C17H16N4O/c1-10-7-8-13-15(9-11(2)20-17(13)19-10)21-14-6-4-3-5-12(14)16(18)22/h3-9H,1-2H3,(H2,18,22)(H,19,20,21). The third kappa shape index (κ3) is 2.61. The predicted molar refractivity (Wildman–Crippen MR) is 87.3 cm³/mol. The number of hydrogen-bond acceptors (Lipinski definition) is 4. The molecule has 0 radical (unpaired) electrons. The van der Waals surface area contributed by atoms with E-state index in [0.717, 1.165) is 22.5 Å². The van der Waals surface area contributed by atoms with E-state index in [1.807, 2.05) is 44.2 Å². The number of aromatic nitrogens is 2. The monoisotopic (exact) mass is 292 g/mol. The molecule has 0 unspecified atom stereocenters. The summed E-state index contributed by atoms with van der Waals surface area (Å²) in [6.07, 6.45) is 0. The largest absolute Gasteiger partial charge is 0.366 e. The number of amides is 1. The summed E-state index contributed by atoms with van der Waals surface area (Å²) in [6.45, 7) is 3.84. The van der Waals surface area contributed by atoms with Crippen LogP contribution in [0.2, 0.25) is 0 Å². The first-order chi connectivity index (χ1) is 10.5. The summed E-state index contributed by atoms with van der Waals surface area (Å²) in [5.41, 5.74) is 9.84. The highest BCUT2D eigenvalue weighted by Gasteiger charge is 2.10. The van der Waals surface area contributed by atoms with Gasteiger partial charge in [0.15, 0.2) is 5.65 Å². The van der Waals surface area contributed by atoms with Crippen LogP contribution in [0.4, 0.5) is 11.4 Å². The van der Waals surface area contributed by atoms with Gasteiger partial charge < -0.3 is 11.1 Å². The summed E-state index contributed by atoms with van der Waals surface area (Å²) in [5.74, 6) is -0.466. The fourth-order valence-corrected chi connectivity index (χ4v) is 2.38. The summed E-state index contributed by atoms with van der Waals surface area (Å²) >= 11 is 0. The third-order valence-electron chi connectivity index (χ3n) is 3.40. The molecule has 3 aromatic rings. The Balaban J connectivity index is 2.14. The minimum atomic E-state index is -0.466. The number of hydrogen-bond donors (Lipinski definition) is 2. The maximum Gasteiger partial charge on any atom is 0.250 e. The van der Waals surface area contributed by atoms with Gasteiger partial charge in [-0.1, -0.05) is 12.1 Å². The number of anilines is 2. The van der Waals surface area contributed by atoms with E-state index in [-0.39, 0.29) is 0 Å². The highest BCUT2D eigenvalue weighted by molar-refractivity contribution is 6.00. The molecule has 1 amide bonds. The Labute approximate surface area is 128 Å². The van der Waals surface area contributed by atoms with Crippen LogP contribution < -0.4 is 11.1 Å². The Bertz CT molecular complexity index is 868. The van der Waals surface area contributed by atoms with E-state index < -0.39 is 5.91 Å². The molecule has 5 nitrogen and oxygen atoms in total. The first-order valence-corrected chi connectivity index (χ1v) is 6.95. The van der Waals surface area contributed by atoms with Crippen LogP contribution in [0.5, 0.6) is 0 Å². The second-order valence-corrected chi connectivity index (χ2v) is 5.17. The van der Waals surface area contributed by atoms with Gasteiger partial charge in [-0.25, -0.2) is 9.97 Å². The molecule has 0 spiro atoms. The van der Waals surface area contributed by atoms with E-state index >= 15 is 0 Å². The van der Waals surface area contributed by atoms with Gasteiger partial charge in [0.05, 0.1) is 16.9 Å². The molecule has 0 aliphatic heterocycles. The maximum atomic E-state index is 11.5. The second-order valence-electron chi connectivity index (χ2n) is 5.17. The number of para-hydroxylation sites is 1. The minimum absolute atomic E-state index is 0.449. The summed E-state index contributed by atoms with van der Waals surface area (Å²) in [4.78, 5) is 20.5. The van der Waals surface area contributed by atoms with Gasteiger partial charge in [-0.15, -0.1) is 0 Å². The number of nitrogens with two attached hydrogens (primary N) is 1. The van der Waals surface area contributed by atoms with E-state index in [2.05, 4.69) is 15.3 Å². The van der Waals surface area contributed by atoms with Crippen LogP contribution in [-0.2, 0) is 0 Å². The average molecular weight is 292 g/mol. The molecule has 110 valence electrons. The highest BCUT2D eigenvalue weighted by atomic mass is 16.1. The van der Waals surface area contributed by atoms with Crippen molar-refractivity contribution in [1.82, 2.24) is 9.97 Å². The van der Waals surface area contributed by atoms with Crippen molar-refractivity contribution >= 4 is 28.3 Å². The molecule has 3 N–H and O–H groups in total. The molecular weight excluding hydrogens is 276 g/mol. The van der Waals surface area contributed by atoms with Gasteiger partial charge in [-0.3, -0.25) is 4.79 Å². The molecule has 2 aromatic heterocycles. The van der Waals surface area contributed by atoms with Gasteiger partial charge in [-0.2, -0.15) is 0 Å². The van der Waals surface area contributed by atoms with Crippen LogP contribution in [0.25, 0.3) is 11.0 Å². The first-order valence-electron chi connectivity index (χ1n) is 6.95. The molecule has 2 heterocycles. The van der Waals surface area contributed by atoms with Crippen molar-refractivity contribution in [3.05, 3.63) is 59.4 Å². The number of nitrogens with zero attached hydrogens (tertiary/aromatic N) is 2. The lowest BCUT2D eigenvalue weighted by atomic mass is 10.1. The number of benzene rings is 1. The van der Waals surface area contributed by atoms with Gasteiger partial charge >= 0.3 is 0 Å². The number of carbonyl (C=O) groups is 1. The predicted octanol–water partition coefficient (Wildman–Crippen LogP) is 3.09. The van der Waals surface area contributed by atoms with Crippen molar-refractivity contribution in [2.75, 3.05) is 5.32 Å². The number of pyridine rings is 2.